The molecule has 184 valence electrons. The largest absolute Gasteiger partial charge is 0.364 e. The summed E-state index contributed by atoms with van der Waals surface area (Å²) >= 11 is 0. The van der Waals surface area contributed by atoms with Crippen molar-refractivity contribution in [2.45, 2.75) is 38.6 Å². The van der Waals surface area contributed by atoms with Crippen LogP contribution < -0.4 is 5.32 Å². The Morgan fingerprint density at radius 3 is 2.56 bits per heavy atom. The number of halogens is 3. The van der Waals surface area contributed by atoms with E-state index in [1.54, 1.807) is 13.2 Å². The summed E-state index contributed by atoms with van der Waals surface area (Å²) in [6, 6.07) is 2.05. The quantitative estimate of drug-likeness (QED) is 0.308. The first-order valence-electron chi connectivity index (χ1n) is 12.2. The summed E-state index contributed by atoms with van der Waals surface area (Å²) < 4.78 is 46.3. The molecule has 3 aromatic heterocycles. The summed E-state index contributed by atoms with van der Waals surface area (Å²) in [4.78, 5) is 11.1. The molecule has 3 saturated carbocycles. The van der Waals surface area contributed by atoms with Crippen LogP contribution in [0.3, 0.4) is 0 Å². The maximum atomic E-state index is 16.2. The highest BCUT2D eigenvalue weighted by Gasteiger charge is 2.42. The fourth-order valence-electron chi connectivity index (χ4n) is 6.27. The number of hydrogen-bond acceptors (Lipinski definition) is 3. The van der Waals surface area contributed by atoms with Gasteiger partial charge >= 0.3 is 0 Å². The van der Waals surface area contributed by atoms with E-state index in [1.807, 2.05) is 0 Å². The van der Waals surface area contributed by atoms with Gasteiger partial charge in [0, 0.05) is 53.6 Å². The average molecular weight is 491 g/mol. The van der Waals surface area contributed by atoms with Crippen LogP contribution in [0.1, 0.15) is 32.6 Å². The molecule has 2 bridgehead atoms. The highest BCUT2D eigenvalue weighted by molar-refractivity contribution is 6.01. The van der Waals surface area contributed by atoms with Gasteiger partial charge in [-0.2, -0.15) is 5.10 Å². The molecule has 2 N–H and O–H groups in total. The number of hydrogen-bond donors (Lipinski definition) is 2. The zero-order valence-electron chi connectivity index (χ0n) is 19.9. The van der Waals surface area contributed by atoms with E-state index in [9.17, 15) is 8.78 Å². The Hall–Kier alpha value is -3.80. The first-order chi connectivity index (χ1) is 17.4. The first kappa shape index (κ1) is 22.7. The SMILES string of the molecule is [C-]#[N+]c1c(-c2c[nH]c3c(F)cc(F)cc23)nc(N[C@H]2C3CCC(CC3)[C@@H]2C)c(F)c1-c1cnn(C)c1. The number of H-pyrrole nitrogens is 1. The minimum atomic E-state index is -0.749. The standard InChI is InChI=1S/C27H25F3N6/c1-13-14-4-6-15(7-5-14)23(13)34-27-22(30)21(16-10-33-36(3)12-16)26(31-2)25(35-27)19-11-32-24-18(19)8-17(28)9-20(24)29/h8-15,23,32H,4-7H2,1,3H3,(H,34,35)/t13-,14?,15?,23+/m0/s1. The second-order valence-electron chi connectivity index (χ2n) is 10.1. The molecule has 3 aliphatic rings. The monoisotopic (exact) mass is 490 g/mol. The molecule has 6 nitrogen and oxygen atoms in total. The van der Waals surface area contributed by atoms with Gasteiger partial charge in [0.15, 0.2) is 11.6 Å². The van der Waals surface area contributed by atoms with E-state index in [0.29, 0.717) is 28.9 Å². The van der Waals surface area contributed by atoms with Crippen molar-refractivity contribution in [2.75, 3.05) is 5.32 Å². The predicted octanol–water partition coefficient (Wildman–Crippen LogP) is 6.84. The van der Waals surface area contributed by atoms with Crippen LogP contribution in [0, 0.1) is 41.8 Å². The van der Waals surface area contributed by atoms with Crippen molar-refractivity contribution in [1.29, 1.82) is 0 Å². The van der Waals surface area contributed by atoms with Crippen LogP contribution in [0.15, 0.2) is 30.7 Å². The Balaban J connectivity index is 1.58. The van der Waals surface area contributed by atoms with E-state index in [4.69, 9.17) is 6.57 Å². The van der Waals surface area contributed by atoms with Gasteiger partial charge in [0.25, 0.3) is 0 Å². The van der Waals surface area contributed by atoms with Crippen molar-refractivity contribution in [2.24, 2.45) is 24.8 Å². The van der Waals surface area contributed by atoms with Gasteiger partial charge in [-0.25, -0.2) is 23.0 Å². The van der Waals surface area contributed by atoms with Crippen LogP contribution in [-0.2, 0) is 7.05 Å². The molecule has 0 aliphatic heterocycles. The second kappa shape index (κ2) is 8.40. The summed E-state index contributed by atoms with van der Waals surface area (Å²) in [7, 11) is 1.71. The Kier molecular flexibility index (Phi) is 5.29. The first-order valence-corrected chi connectivity index (χ1v) is 12.2. The zero-order chi connectivity index (χ0) is 25.1. The van der Waals surface area contributed by atoms with E-state index >= 15 is 4.39 Å². The third kappa shape index (κ3) is 3.47. The number of rotatable bonds is 4. The molecule has 7 rings (SSSR count). The number of nitrogens with zero attached hydrogens (tertiary/aromatic N) is 4. The van der Waals surface area contributed by atoms with Crippen LogP contribution in [0.2, 0.25) is 0 Å². The molecule has 3 fully saturated rings. The third-order valence-corrected chi connectivity index (χ3v) is 8.12. The van der Waals surface area contributed by atoms with Gasteiger partial charge in [0.2, 0.25) is 5.69 Å². The smallest absolute Gasteiger partial charge is 0.223 e. The fraction of sp³-hybridized carbons (Fsp3) is 0.370. The van der Waals surface area contributed by atoms with Gasteiger partial charge in [-0.05, 0) is 49.5 Å². The molecule has 0 saturated heterocycles. The Labute approximate surface area is 206 Å². The highest BCUT2D eigenvalue weighted by atomic mass is 19.1. The van der Waals surface area contributed by atoms with Crippen molar-refractivity contribution in [3.63, 3.8) is 0 Å². The molecule has 3 aliphatic carbocycles. The average Bonchev–Trinajstić information content (AvgIpc) is 3.48. The number of pyridine rings is 1. The zero-order valence-corrected chi connectivity index (χ0v) is 19.9. The van der Waals surface area contributed by atoms with Crippen LogP contribution in [0.25, 0.3) is 38.1 Å². The number of benzene rings is 1. The van der Waals surface area contributed by atoms with Crippen molar-refractivity contribution in [1.82, 2.24) is 19.7 Å². The summed E-state index contributed by atoms with van der Waals surface area (Å²) in [5.74, 6) is -0.690. The lowest BCUT2D eigenvalue weighted by molar-refractivity contribution is 0.0926. The van der Waals surface area contributed by atoms with E-state index in [2.05, 4.69) is 32.2 Å². The lowest BCUT2D eigenvalue weighted by Gasteiger charge is -2.47. The van der Waals surface area contributed by atoms with Gasteiger partial charge in [-0.3, -0.25) is 4.68 Å². The molecule has 3 heterocycles. The number of aryl methyl sites for hydroxylation is 1. The minimum absolute atomic E-state index is 0.0326. The Morgan fingerprint density at radius 2 is 1.89 bits per heavy atom. The maximum absolute atomic E-state index is 16.2. The number of nitrogens with one attached hydrogen (secondary N) is 2. The van der Waals surface area contributed by atoms with E-state index < -0.39 is 17.5 Å². The predicted molar refractivity (Wildman–Crippen MR) is 132 cm³/mol. The summed E-state index contributed by atoms with van der Waals surface area (Å²) in [5.41, 5.74) is 1.07. The second-order valence-corrected chi connectivity index (χ2v) is 10.1. The van der Waals surface area contributed by atoms with Gasteiger partial charge in [-0.15, -0.1) is 0 Å². The van der Waals surface area contributed by atoms with Crippen LogP contribution in [0.5, 0.6) is 0 Å². The fourth-order valence-corrected chi connectivity index (χ4v) is 6.27. The molecular weight excluding hydrogens is 465 g/mol. The normalized spacial score (nSPS) is 23.2. The number of aromatic amines is 1. The van der Waals surface area contributed by atoms with E-state index in [-0.39, 0.29) is 39.7 Å². The third-order valence-electron chi connectivity index (χ3n) is 8.12. The molecule has 0 amide bonds. The van der Waals surface area contributed by atoms with Crippen molar-refractivity contribution >= 4 is 22.4 Å². The Bertz CT molecular complexity index is 1520. The van der Waals surface area contributed by atoms with Crippen molar-refractivity contribution < 1.29 is 13.2 Å². The molecule has 0 radical (unpaired) electrons. The lowest BCUT2D eigenvalue weighted by Crippen LogP contribution is -2.47. The van der Waals surface area contributed by atoms with Crippen LogP contribution >= 0.6 is 0 Å². The molecule has 0 spiro atoms. The minimum Gasteiger partial charge on any atom is -0.364 e. The number of anilines is 1. The van der Waals surface area contributed by atoms with Gasteiger partial charge in [0.1, 0.15) is 11.6 Å². The topological polar surface area (TPSA) is 62.9 Å². The molecule has 9 heteroatoms. The van der Waals surface area contributed by atoms with Crippen LogP contribution in [0.4, 0.5) is 24.7 Å². The highest BCUT2D eigenvalue weighted by Crippen LogP contribution is 2.48. The van der Waals surface area contributed by atoms with Gasteiger partial charge in [0.05, 0.1) is 24.0 Å². The molecule has 0 unspecified atom stereocenters. The maximum Gasteiger partial charge on any atom is 0.223 e. The Morgan fingerprint density at radius 1 is 1.14 bits per heavy atom. The lowest BCUT2D eigenvalue weighted by atomic mass is 9.62. The van der Waals surface area contributed by atoms with E-state index in [1.165, 1.54) is 36.0 Å². The summed E-state index contributed by atoms with van der Waals surface area (Å²) in [6.45, 7) is 10.1. The molecule has 1 aromatic carbocycles. The molecular formula is C27H25F3N6. The number of aromatic nitrogens is 4. The van der Waals surface area contributed by atoms with Crippen molar-refractivity contribution in [3.8, 4) is 22.4 Å². The number of fused-ring (bicyclic) bond motifs is 4. The van der Waals surface area contributed by atoms with Gasteiger partial charge in [-0.1, -0.05) is 6.92 Å². The molecule has 2 atom stereocenters. The summed E-state index contributed by atoms with van der Waals surface area (Å²) in [5, 5.41) is 7.80. The van der Waals surface area contributed by atoms with Crippen molar-refractivity contribution in [3.05, 3.63) is 59.6 Å². The van der Waals surface area contributed by atoms with Gasteiger partial charge < -0.3 is 10.3 Å². The van der Waals surface area contributed by atoms with E-state index in [0.717, 1.165) is 18.9 Å². The molecule has 36 heavy (non-hydrogen) atoms. The molecule has 4 aromatic rings. The van der Waals surface area contributed by atoms with Crippen LogP contribution in [-0.4, -0.2) is 25.8 Å². The summed E-state index contributed by atoms with van der Waals surface area (Å²) in [6.07, 6.45) is 9.20.